The molecule has 6 heteroatoms. The second-order valence-electron chi connectivity index (χ2n) is 4.94. The monoisotopic (exact) mass is 285 g/mol. The Morgan fingerprint density at radius 3 is 2.84 bits per heavy atom. The lowest BCUT2D eigenvalue weighted by Crippen LogP contribution is -2.36. The van der Waals surface area contributed by atoms with Gasteiger partial charge in [-0.2, -0.15) is 0 Å². The minimum absolute atomic E-state index is 0.0316. The second-order valence-corrected chi connectivity index (χ2v) is 7.06. The SMILES string of the molecule is CCCCS(=O)(=O)N(C)C(=O)[C@@H]1C[C@@H]1c1ccco1. The van der Waals surface area contributed by atoms with Crippen LogP contribution in [0.15, 0.2) is 22.8 Å². The molecule has 0 bridgehead atoms. The third-order valence-corrected chi connectivity index (χ3v) is 5.32. The number of unbranched alkanes of at least 4 members (excludes halogenated alkanes) is 1. The van der Waals surface area contributed by atoms with Gasteiger partial charge in [0.05, 0.1) is 12.0 Å². The molecule has 106 valence electrons. The van der Waals surface area contributed by atoms with Gasteiger partial charge >= 0.3 is 0 Å². The van der Waals surface area contributed by atoms with Crippen LogP contribution in [0.2, 0.25) is 0 Å². The van der Waals surface area contributed by atoms with Crippen molar-refractivity contribution in [3.63, 3.8) is 0 Å². The molecule has 1 saturated carbocycles. The van der Waals surface area contributed by atoms with Crippen LogP contribution in [0, 0.1) is 5.92 Å². The van der Waals surface area contributed by atoms with Crippen LogP contribution in [0.25, 0.3) is 0 Å². The molecule has 0 unspecified atom stereocenters. The van der Waals surface area contributed by atoms with Gasteiger partial charge in [-0.3, -0.25) is 4.79 Å². The number of carbonyl (C=O) groups excluding carboxylic acids is 1. The summed E-state index contributed by atoms with van der Waals surface area (Å²) in [6, 6.07) is 3.60. The lowest BCUT2D eigenvalue weighted by molar-refractivity contribution is -0.127. The van der Waals surface area contributed by atoms with E-state index in [0.717, 1.165) is 16.5 Å². The molecule has 19 heavy (non-hydrogen) atoms. The molecule has 1 aliphatic carbocycles. The molecule has 1 heterocycles. The van der Waals surface area contributed by atoms with Crippen LogP contribution in [0.4, 0.5) is 0 Å². The normalized spacial score (nSPS) is 22.2. The summed E-state index contributed by atoms with van der Waals surface area (Å²) in [5, 5.41) is 0. The predicted molar refractivity (Wildman–Crippen MR) is 71.0 cm³/mol. The average Bonchev–Trinajstić information content (AvgIpc) is 3.00. The van der Waals surface area contributed by atoms with E-state index in [9.17, 15) is 13.2 Å². The molecule has 1 aromatic rings. The van der Waals surface area contributed by atoms with E-state index in [1.807, 2.05) is 13.0 Å². The maximum Gasteiger partial charge on any atom is 0.239 e. The van der Waals surface area contributed by atoms with Gasteiger partial charge in [-0.05, 0) is 25.0 Å². The fraction of sp³-hybridized carbons (Fsp3) is 0.615. The third kappa shape index (κ3) is 3.00. The number of carbonyl (C=O) groups is 1. The van der Waals surface area contributed by atoms with Gasteiger partial charge in [-0.15, -0.1) is 0 Å². The molecule has 1 aliphatic rings. The highest BCUT2D eigenvalue weighted by Crippen LogP contribution is 2.48. The summed E-state index contributed by atoms with van der Waals surface area (Å²) in [7, 11) is -2.11. The smallest absolute Gasteiger partial charge is 0.239 e. The highest BCUT2D eigenvalue weighted by Gasteiger charge is 2.48. The lowest BCUT2D eigenvalue weighted by Gasteiger charge is -2.17. The first-order chi connectivity index (χ1) is 8.97. The van der Waals surface area contributed by atoms with Gasteiger partial charge in [0.25, 0.3) is 0 Å². The van der Waals surface area contributed by atoms with Gasteiger partial charge in [0.2, 0.25) is 15.9 Å². The van der Waals surface area contributed by atoms with Crippen LogP contribution in [-0.2, 0) is 14.8 Å². The molecule has 2 rings (SSSR count). The number of hydrogen-bond donors (Lipinski definition) is 0. The van der Waals surface area contributed by atoms with Crippen molar-refractivity contribution in [3.05, 3.63) is 24.2 Å². The van der Waals surface area contributed by atoms with Crippen molar-refractivity contribution in [2.75, 3.05) is 12.8 Å². The Labute approximate surface area is 113 Å². The fourth-order valence-electron chi connectivity index (χ4n) is 2.12. The van der Waals surface area contributed by atoms with Gasteiger partial charge in [-0.1, -0.05) is 13.3 Å². The molecular weight excluding hydrogens is 266 g/mol. The number of sulfonamides is 1. The first-order valence-electron chi connectivity index (χ1n) is 6.51. The molecule has 0 spiro atoms. The molecule has 0 aromatic carbocycles. The molecule has 1 amide bonds. The average molecular weight is 285 g/mol. The Hall–Kier alpha value is -1.30. The number of nitrogens with zero attached hydrogens (tertiary/aromatic N) is 1. The van der Waals surface area contributed by atoms with Gasteiger partial charge < -0.3 is 4.42 Å². The first-order valence-corrected chi connectivity index (χ1v) is 8.12. The quantitative estimate of drug-likeness (QED) is 0.801. The summed E-state index contributed by atoms with van der Waals surface area (Å²) >= 11 is 0. The molecule has 1 aromatic heterocycles. The molecule has 0 N–H and O–H groups in total. The molecular formula is C13H19NO4S. The highest BCUT2D eigenvalue weighted by molar-refractivity contribution is 7.89. The Kier molecular flexibility index (Phi) is 3.99. The van der Waals surface area contributed by atoms with E-state index in [-0.39, 0.29) is 23.5 Å². The van der Waals surface area contributed by atoms with Crippen molar-refractivity contribution in [2.24, 2.45) is 5.92 Å². The van der Waals surface area contributed by atoms with Crippen LogP contribution in [0.1, 0.15) is 37.9 Å². The zero-order valence-electron chi connectivity index (χ0n) is 11.2. The molecule has 5 nitrogen and oxygen atoms in total. The number of amides is 1. The first kappa shape index (κ1) is 14.1. The maximum absolute atomic E-state index is 12.1. The lowest BCUT2D eigenvalue weighted by atomic mass is 10.2. The van der Waals surface area contributed by atoms with Crippen molar-refractivity contribution in [3.8, 4) is 0 Å². The van der Waals surface area contributed by atoms with E-state index in [1.165, 1.54) is 7.05 Å². The van der Waals surface area contributed by atoms with Gasteiger partial charge in [0, 0.05) is 18.9 Å². The van der Waals surface area contributed by atoms with Crippen LogP contribution in [0.3, 0.4) is 0 Å². The number of rotatable bonds is 6. The van der Waals surface area contributed by atoms with Crippen molar-refractivity contribution < 1.29 is 17.6 Å². The van der Waals surface area contributed by atoms with E-state index < -0.39 is 10.0 Å². The van der Waals surface area contributed by atoms with E-state index in [2.05, 4.69) is 0 Å². The summed E-state index contributed by atoms with van der Waals surface area (Å²) in [6.07, 6.45) is 3.60. The summed E-state index contributed by atoms with van der Waals surface area (Å²) in [6.45, 7) is 1.92. The Morgan fingerprint density at radius 1 is 1.53 bits per heavy atom. The van der Waals surface area contributed by atoms with E-state index >= 15 is 0 Å². The Balaban J connectivity index is 1.98. The van der Waals surface area contributed by atoms with Crippen molar-refractivity contribution in [1.29, 1.82) is 0 Å². The van der Waals surface area contributed by atoms with Crippen LogP contribution >= 0.6 is 0 Å². The van der Waals surface area contributed by atoms with E-state index in [0.29, 0.717) is 12.8 Å². The Bertz CT molecular complexity index is 535. The van der Waals surface area contributed by atoms with Crippen LogP contribution < -0.4 is 0 Å². The van der Waals surface area contributed by atoms with Crippen molar-refractivity contribution in [1.82, 2.24) is 4.31 Å². The summed E-state index contributed by atoms with van der Waals surface area (Å²) in [5.74, 6) is 0.248. The molecule has 0 saturated heterocycles. The van der Waals surface area contributed by atoms with Gasteiger partial charge in [-0.25, -0.2) is 12.7 Å². The van der Waals surface area contributed by atoms with Gasteiger partial charge in [0.1, 0.15) is 5.76 Å². The van der Waals surface area contributed by atoms with E-state index in [4.69, 9.17) is 4.42 Å². The zero-order valence-corrected chi connectivity index (χ0v) is 12.0. The van der Waals surface area contributed by atoms with Crippen molar-refractivity contribution >= 4 is 15.9 Å². The summed E-state index contributed by atoms with van der Waals surface area (Å²) < 4.78 is 30.0. The minimum Gasteiger partial charge on any atom is -0.469 e. The number of hydrogen-bond acceptors (Lipinski definition) is 4. The van der Waals surface area contributed by atoms with E-state index in [1.54, 1.807) is 12.3 Å². The van der Waals surface area contributed by atoms with Gasteiger partial charge in [0.15, 0.2) is 0 Å². The minimum atomic E-state index is -3.47. The fourth-order valence-corrected chi connectivity index (χ4v) is 3.46. The topological polar surface area (TPSA) is 67.6 Å². The molecule has 0 aliphatic heterocycles. The molecule has 0 radical (unpaired) electrons. The third-order valence-electron chi connectivity index (χ3n) is 3.50. The Morgan fingerprint density at radius 2 is 2.26 bits per heavy atom. The van der Waals surface area contributed by atoms with Crippen molar-refractivity contribution in [2.45, 2.75) is 32.1 Å². The second kappa shape index (κ2) is 5.36. The van der Waals surface area contributed by atoms with Crippen LogP contribution in [-0.4, -0.2) is 31.4 Å². The zero-order chi connectivity index (χ0) is 14.0. The number of furan rings is 1. The summed E-state index contributed by atoms with van der Waals surface area (Å²) in [4.78, 5) is 12.1. The molecule has 2 atom stereocenters. The standard InChI is InChI=1S/C13H19NO4S/c1-3-4-8-19(16,17)14(2)13(15)11-9-10(11)12-6-5-7-18-12/h5-7,10-11H,3-4,8-9H2,1-2H3/t10-,11+/m0/s1. The maximum atomic E-state index is 12.1. The summed E-state index contributed by atoms with van der Waals surface area (Å²) in [5.41, 5.74) is 0. The highest BCUT2D eigenvalue weighted by atomic mass is 32.2. The predicted octanol–water partition coefficient (Wildman–Crippen LogP) is 1.97. The van der Waals surface area contributed by atoms with Crippen LogP contribution in [0.5, 0.6) is 0 Å². The largest absolute Gasteiger partial charge is 0.469 e. The molecule has 1 fully saturated rings.